The molecule has 1 atom stereocenters. The first-order valence-corrected chi connectivity index (χ1v) is 11.0. The largest absolute Gasteiger partial charge is 0.482 e. The van der Waals surface area contributed by atoms with Crippen molar-refractivity contribution in [1.29, 1.82) is 0 Å². The van der Waals surface area contributed by atoms with E-state index in [-0.39, 0.29) is 23.9 Å². The fourth-order valence-electron chi connectivity index (χ4n) is 3.63. The normalized spacial score (nSPS) is 15.5. The molecule has 0 fully saturated rings. The van der Waals surface area contributed by atoms with Gasteiger partial charge in [0.1, 0.15) is 12.2 Å². The molecule has 6 heteroatoms. The molecule has 0 bridgehead atoms. The van der Waals surface area contributed by atoms with Crippen molar-refractivity contribution in [2.24, 2.45) is 5.16 Å². The highest BCUT2D eigenvalue weighted by Crippen LogP contribution is 2.25. The van der Waals surface area contributed by atoms with Crippen LogP contribution in [0, 0.1) is 0 Å². The number of ether oxygens (including phenoxy) is 1. The third-order valence-corrected chi connectivity index (χ3v) is 5.58. The van der Waals surface area contributed by atoms with Gasteiger partial charge in [-0.3, -0.25) is 4.79 Å². The van der Waals surface area contributed by atoms with Gasteiger partial charge >= 0.3 is 0 Å². The molecule has 5 nitrogen and oxygen atoms in total. The van der Waals surface area contributed by atoms with Crippen LogP contribution in [-0.4, -0.2) is 18.4 Å². The van der Waals surface area contributed by atoms with Crippen molar-refractivity contribution >= 4 is 40.4 Å². The van der Waals surface area contributed by atoms with Gasteiger partial charge in [-0.15, -0.1) is 0 Å². The lowest BCUT2D eigenvalue weighted by Gasteiger charge is -2.12. The Morgan fingerprint density at radius 3 is 2.55 bits per heavy atom. The maximum absolute atomic E-state index is 13.2. The zero-order valence-electron chi connectivity index (χ0n) is 17.6. The lowest BCUT2D eigenvalue weighted by Crippen LogP contribution is -2.21. The summed E-state index contributed by atoms with van der Waals surface area (Å²) in [6.45, 7) is 0.163. The number of para-hydroxylation sites is 1. The van der Waals surface area contributed by atoms with E-state index in [1.807, 2.05) is 66.7 Å². The van der Waals surface area contributed by atoms with Gasteiger partial charge in [0.25, 0.3) is 0 Å². The maximum Gasteiger partial charge on any atom is 0.235 e. The van der Waals surface area contributed by atoms with E-state index in [4.69, 9.17) is 25.6 Å². The Morgan fingerprint density at radius 2 is 1.73 bits per heavy atom. The summed E-state index contributed by atoms with van der Waals surface area (Å²) in [6.07, 6.45) is 3.89. The van der Waals surface area contributed by atoms with Gasteiger partial charge in [-0.1, -0.05) is 77.4 Å². The van der Waals surface area contributed by atoms with Crippen LogP contribution in [-0.2, 0) is 4.84 Å². The average Bonchev–Trinajstić information content (AvgIpc) is 3.32. The minimum Gasteiger partial charge on any atom is -0.482 e. The summed E-state index contributed by atoms with van der Waals surface area (Å²) in [5.74, 6) is 0.517. The van der Waals surface area contributed by atoms with E-state index in [0.29, 0.717) is 28.2 Å². The fourth-order valence-corrected chi connectivity index (χ4v) is 3.76. The van der Waals surface area contributed by atoms with Crippen LogP contribution in [0.4, 0.5) is 0 Å². The Bertz CT molecular complexity index is 1390. The highest BCUT2D eigenvalue weighted by atomic mass is 35.5. The van der Waals surface area contributed by atoms with Gasteiger partial charge in [0.05, 0.1) is 11.1 Å². The van der Waals surface area contributed by atoms with Crippen molar-refractivity contribution in [2.45, 2.75) is 12.5 Å². The van der Waals surface area contributed by atoms with Crippen LogP contribution in [0.2, 0.25) is 5.02 Å². The van der Waals surface area contributed by atoms with Crippen molar-refractivity contribution in [3.8, 4) is 5.75 Å². The van der Waals surface area contributed by atoms with Crippen molar-refractivity contribution in [1.82, 2.24) is 0 Å². The SMILES string of the molecule is O=c1c(OCC2CC(c3ccc(Cl)cc3)=NO2)c(/C=C/c2ccccc2)oc2ccccc12. The fraction of sp³-hybridized carbons (Fsp3) is 0.111. The first kappa shape index (κ1) is 21.0. The van der Waals surface area contributed by atoms with Crippen molar-refractivity contribution in [3.05, 3.63) is 111 Å². The molecule has 5 rings (SSSR count). The summed E-state index contributed by atoms with van der Waals surface area (Å²) in [4.78, 5) is 18.7. The maximum atomic E-state index is 13.2. The van der Waals surface area contributed by atoms with Crippen molar-refractivity contribution in [2.75, 3.05) is 6.61 Å². The summed E-state index contributed by atoms with van der Waals surface area (Å²) in [6, 6.07) is 24.3. The van der Waals surface area contributed by atoms with E-state index < -0.39 is 0 Å². The number of benzene rings is 3. The first-order valence-electron chi connectivity index (χ1n) is 10.6. The Morgan fingerprint density at radius 1 is 0.970 bits per heavy atom. The molecule has 0 aliphatic carbocycles. The second kappa shape index (κ2) is 9.35. The minimum atomic E-state index is -0.312. The lowest BCUT2D eigenvalue weighted by atomic mass is 10.1. The molecule has 1 aliphatic heterocycles. The Balaban J connectivity index is 1.38. The second-order valence-corrected chi connectivity index (χ2v) is 8.09. The first-order chi connectivity index (χ1) is 16.2. The Labute approximate surface area is 195 Å². The van der Waals surface area contributed by atoms with E-state index in [2.05, 4.69) is 5.16 Å². The smallest absolute Gasteiger partial charge is 0.235 e. The van der Waals surface area contributed by atoms with Crippen molar-refractivity contribution in [3.63, 3.8) is 0 Å². The summed E-state index contributed by atoms with van der Waals surface area (Å²) in [5.41, 5.74) is 3.03. The molecule has 0 spiro atoms. The molecule has 0 radical (unpaired) electrons. The number of halogens is 1. The predicted molar refractivity (Wildman–Crippen MR) is 131 cm³/mol. The summed E-state index contributed by atoms with van der Waals surface area (Å²) < 4.78 is 12.0. The highest BCUT2D eigenvalue weighted by Gasteiger charge is 2.24. The molecule has 0 N–H and O–H groups in total. The van der Waals surface area contributed by atoms with E-state index in [0.717, 1.165) is 16.8 Å². The van der Waals surface area contributed by atoms with Crippen molar-refractivity contribution < 1.29 is 14.0 Å². The molecule has 0 saturated carbocycles. The molecule has 4 aromatic rings. The molecular formula is C27H20ClNO4. The molecule has 0 amide bonds. The molecule has 3 aromatic carbocycles. The van der Waals surface area contributed by atoms with Gasteiger partial charge in [-0.25, -0.2) is 0 Å². The Kier molecular flexibility index (Phi) is 5.96. The predicted octanol–water partition coefficient (Wildman–Crippen LogP) is 6.19. The highest BCUT2D eigenvalue weighted by molar-refractivity contribution is 6.30. The topological polar surface area (TPSA) is 61.0 Å². The van der Waals surface area contributed by atoms with Crippen LogP contribution in [0.15, 0.2) is 93.2 Å². The molecule has 0 saturated heterocycles. The third kappa shape index (κ3) is 4.69. The molecule has 1 aliphatic rings. The standard InChI is InChI=1S/C27H20ClNO4/c28-20-13-11-19(12-14-20)23-16-21(33-29-23)17-31-27-25(15-10-18-6-2-1-3-7-18)32-24-9-5-4-8-22(24)26(27)30/h1-15,21H,16-17H2/b15-10+. The third-order valence-electron chi connectivity index (χ3n) is 5.33. The number of hydrogen-bond acceptors (Lipinski definition) is 5. The van der Waals surface area contributed by atoms with Crippen LogP contribution in [0.1, 0.15) is 23.3 Å². The van der Waals surface area contributed by atoms with Crippen LogP contribution < -0.4 is 10.2 Å². The minimum absolute atomic E-state index is 0.157. The van der Waals surface area contributed by atoms with Gasteiger partial charge in [0.15, 0.2) is 11.9 Å². The Hall–Kier alpha value is -3.83. The van der Waals surface area contributed by atoms with Gasteiger partial charge in [-0.2, -0.15) is 0 Å². The number of hydrogen-bond donors (Lipinski definition) is 0. The monoisotopic (exact) mass is 457 g/mol. The van der Waals surface area contributed by atoms with E-state index >= 15 is 0 Å². The van der Waals surface area contributed by atoms with Gasteiger partial charge < -0.3 is 14.0 Å². The summed E-state index contributed by atoms with van der Waals surface area (Å²) in [7, 11) is 0. The van der Waals surface area contributed by atoms with Gasteiger partial charge in [0.2, 0.25) is 11.2 Å². The zero-order valence-corrected chi connectivity index (χ0v) is 18.4. The number of fused-ring (bicyclic) bond motifs is 1. The van der Waals surface area contributed by atoms with Crippen LogP contribution in [0.3, 0.4) is 0 Å². The molecule has 33 heavy (non-hydrogen) atoms. The quantitative estimate of drug-likeness (QED) is 0.346. The van der Waals surface area contributed by atoms with E-state index in [1.165, 1.54) is 0 Å². The summed E-state index contributed by atoms with van der Waals surface area (Å²) in [5, 5.41) is 5.31. The molecular weight excluding hydrogens is 438 g/mol. The molecule has 1 aromatic heterocycles. The van der Waals surface area contributed by atoms with Crippen LogP contribution in [0.25, 0.3) is 23.1 Å². The summed E-state index contributed by atoms with van der Waals surface area (Å²) >= 11 is 5.97. The lowest BCUT2D eigenvalue weighted by molar-refractivity contribution is 0.0462. The second-order valence-electron chi connectivity index (χ2n) is 7.65. The van der Waals surface area contributed by atoms with Gasteiger partial charge in [-0.05, 0) is 41.5 Å². The van der Waals surface area contributed by atoms with Crippen LogP contribution >= 0.6 is 11.6 Å². The molecule has 164 valence electrons. The molecule has 2 heterocycles. The number of nitrogens with zero attached hydrogens (tertiary/aromatic N) is 1. The van der Waals surface area contributed by atoms with E-state index in [1.54, 1.807) is 24.3 Å². The molecule has 1 unspecified atom stereocenters. The van der Waals surface area contributed by atoms with E-state index in [9.17, 15) is 4.79 Å². The van der Waals surface area contributed by atoms with Gasteiger partial charge in [0, 0.05) is 11.4 Å². The zero-order chi connectivity index (χ0) is 22.6. The number of oxime groups is 1. The average molecular weight is 458 g/mol. The van der Waals surface area contributed by atoms with Crippen LogP contribution in [0.5, 0.6) is 5.75 Å². The number of rotatable bonds is 6.